The minimum absolute atomic E-state index is 0.299. The molecule has 0 aromatic carbocycles. The van der Waals surface area contributed by atoms with Crippen LogP contribution < -0.4 is 0 Å². The van der Waals surface area contributed by atoms with Gasteiger partial charge >= 0.3 is 0 Å². The molecule has 10 heteroatoms. The molecule has 1 aliphatic rings. The number of rotatable bonds is 18. The van der Waals surface area contributed by atoms with Gasteiger partial charge in [0.2, 0.25) is 0 Å². The van der Waals surface area contributed by atoms with Crippen molar-refractivity contribution < 1.29 is 28.8 Å². The zero-order valence-electron chi connectivity index (χ0n) is 25.0. The summed E-state index contributed by atoms with van der Waals surface area (Å²) in [6.45, 7) is 12.7. The van der Waals surface area contributed by atoms with Crippen LogP contribution in [0.4, 0.5) is 0 Å². The number of hydrogen-bond acceptors (Lipinski definition) is 8. The Labute approximate surface area is 244 Å². The Morgan fingerprint density at radius 2 is 1.50 bits per heavy atom. The maximum Gasteiger partial charge on any atom is 0.167 e. The van der Waals surface area contributed by atoms with Crippen LogP contribution in [-0.4, -0.2) is 82.7 Å². The van der Waals surface area contributed by atoms with E-state index in [1.54, 1.807) is 6.92 Å². The lowest BCUT2D eigenvalue weighted by Crippen LogP contribution is -2.56. The fraction of sp³-hybridized carbons (Fsp3) is 0.800. The smallest absolute Gasteiger partial charge is 0.167 e. The third-order valence-electron chi connectivity index (χ3n) is 7.42. The summed E-state index contributed by atoms with van der Waals surface area (Å²) in [6, 6.07) is 1.84. The van der Waals surface area contributed by atoms with E-state index in [9.17, 15) is 5.11 Å². The Kier molecular flexibility index (Phi) is 14.1. The molecule has 1 saturated heterocycles. The van der Waals surface area contributed by atoms with Crippen molar-refractivity contribution in [1.82, 2.24) is 14.5 Å². The highest BCUT2D eigenvalue weighted by molar-refractivity contribution is 6.33. The topological polar surface area (TPSA) is 97.1 Å². The van der Waals surface area contributed by atoms with Crippen molar-refractivity contribution in [2.75, 3.05) is 33.0 Å². The zero-order chi connectivity index (χ0) is 29.0. The van der Waals surface area contributed by atoms with Gasteiger partial charge in [-0.25, -0.2) is 9.97 Å². The average Bonchev–Trinajstić information content (AvgIpc) is 3.34. The average molecular weight is 584 g/mol. The van der Waals surface area contributed by atoms with E-state index in [0.29, 0.717) is 49.2 Å². The van der Waals surface area contributed by atoms with Crippen LogP contribution >= 0.6 is 11.6 Å². The molecule has 0 radical (unpaired) electrons. The first-order chi connectivity index (χ1) is 19.4. The molecule has 0 unspecified atom stereocenters. The Morgan fingerprint density at radius 1 is 0.900 bits per heavy atom. The summed E-state index contributed by atoms with van der Waals surface area (Å²) in [5, 5.41) is 13.4. The van der Waals surface area contributed by atoms with Crippen LogP contribution in [0.3, 0.4) is 0 Å². The van der Waals surface area contributed by atoms with Gasteiger partial charge in [-0.15, -0.1) is 0 Å². The standard InChI is InChI=1S/C30H50ClN3O6/c1-6-10-16-36-20-23-24(37-17-11-7-2)25(38-18-12-8-3)26(39-19-13-9-4)30(5,35)29(40-23)34-15-14-22-27(31)32-21-33-28(22)34/h14-15,21,23-26,29,35H,6-13,16-20H2,1-5H3/t23-,24-,25+,26-,29-,30-/m1/s1. The van der Waals surface area contributed by atoms with E-state index in [4.69, 9.17) is 35.3 Å². The van der Waals surface area contributed by atoms with Crippen molar-refractivity contribution in [3.05, 3.63) is 23.7 Å². The van der Waals surface area contributed by atoms with E-state index in [1.807, 2.05) is 16.8 Å². The molecule has 40 heavy (non-hydrogen) atoms. The zero-order valence-corrected chi connectivity index (χ0v) is 25.8. The maximum atomic E-state index is 12.4. The van der Waals surface area contributed by atoms with E-state index < -0.39 is 36.2 Å². The van der Waals surface area contributed by atoms with Crippen molar-refractivity contribution in [3.63, 3.8) is 0 Å². The fourth-order valence-corrected chi connectivity index (χ4v) is 5.22. The van der Waals surface area contributed by atoms with E-state index >= 15 is 0 Å². The van der Waals surface area contributed by atoms with Gasteiger partial charge in [-0.2, -0.15) is 0 Å². The second kappa shape index (κ2) is 16.9. The SMILES string of the molecule is CCCCOC[C@H]1O[C@@H](n2ccc3c(Cl)ncnc32)[C@](C)(O)[C@H](OCCCC)[C@@H](OCCCC)[C@@H]1OCCCC. The highest BCUT2D eigenvalue weighted by Gasteiger charge is 2.55. The summed E-state index contributed by atoms with van der Waals surface area (Å²) < 4.78 is 34.3. The first-order valence-electron chi connectivity index (χ1n) is 15.2. The summed E-state index contributed by atoms with van der Waals surface area (Å²) in [6.07, 6.45) is 7.64. The number of ether oxygens (including phenoxy) is 5. The summed E-state index contributed by atoms with van der Waals surface area (Å²) in [5.74, 6) is 0. The molecule has 0 bridgehead atoms. The molecule has 228 valence electrons. The Hall–Kier alpha value is -1.33. The molecule has 1 N–H and O–H groups in total. The first kappa shape index (κ1) is 33.2. The molecule has 3 heterocycles. The van der Waals surface area contributed by atoms with Gasteiger partial charge in [-0.3, -0.25) is 0 Å². The molecule has 2 aromatic rings. The highest BCUT2D eigenvalue weighted by atomic mass is 35.5. The predicted octanol–water partition coefficient (Wildman–Crippen LogP) is 6.11. The molecule has 3 rings (SSSR count). The molecular weight excluding hydrogens is 534 g/mol. The number of aromatic nitrogens is 3. The molecule has 0 saturated carbocycles. The lowest BCUT2D eigenvalue weighted by molar-refractivity contribution is -0.214. The van der Waals surface area contributed by atoms with Gasteiger partial charge in [-0.05, 0) is 38.7 Å². The van der Waals surface area contributed by atoms with Crippen LogP contribution in [0, 0.1) is 0 Å². The highest BCUT2D eigenvalue weighted by Crippen LogP contribution is 2.41. The molecule has 0 amide bonds. The van der Waals surface area contributed by atoms with Crippen LogP contribution in [0.25, 0.3) is 11.0 Å². The normalized spacial score (nSPS) is 27.3. The van der Waals surface area contributed by atoms with Crippen LogP contribution in [-0.2, 0) is 23.7 Å². The van der Waals surface area contributed by atoms with Gasteiger partial charge < -0.3 is 33.4 Å². The molecule has 2 aromatic heterocycles. The van der Waals surface area contributed by atoms with Gasteiger partial charge in [0.15, 0.2) is 6.23 Å². The van der Waals surface area contributed by atoms with E-state index in [2.05, 4.69) is 37.7 Å². The maximum absolute atomic E-state index is 12.4. The second-order valence-corrected chi connectivity index (χ2v) is 11.2. The molecule has 0 aliphatic carbocycles. The van der Waals surface area contributed by atoms with Gasteiger partial charge in [0.05, 0.1) is 12.0 Å². The molecule has 1 fully saturated rings. The first-order valence-corrected chi connectivity index (χ1v) is 15.6. The van der Waals surface area contributed by atoms with Crippen LogP contribution in [0.1, 0.15) is 92.2 Å². The number of aliphatic hydroxyl groups is 1. The monoisotopic (exact) mass is 583 g/mol. The van der Waals surface area contributed by atoms with Gasteiger partial charge in [0.25, 0.3) is 0 Å². The lowest BCUT2D eigenvalue weighted by atomic mass is 9.89. The van der Waals surface area contributed by atoms with E-state index in [-0.39, 0.29) is 0 Å². The van der Waals surface area contributed by atoms with Crippen molar-refractivity contribution in [2.45, 2.75) is 122 Å². The van der Waals surface area contributed by atoms with Crippen LogP contribution in [0.15, 0.2) is 18.6 Å². The summed E-state index contributed by atoms with van der Waals surface area (Å²) in [4.78, 5) is 8.61. The summed E-state index contributed by atoms with van der Waals surface area (Å²) in [5.41, 5.74) is -0.949. The minimum atomic E-state index is -1.52. The van der Waals surface area contributed by atoms with E-state index in [0.717, 1.165) is 51.4 Å². The number of fused-ring (bicyclic) bond motifs is 1. The van der Waals surface area contributed by atoms with Crippen molar-refractivity contribution in [3.8, 4) is 0 Å². The fourth-order valence-electron chi connectivity index (χ4n) is 5.02. The number of unbranched alkanes of at least 4 members (excludes halogenated alkanes) is 4. The molecular formula is C30H50ClN3O6. The largest absolute Gasteiger partial charge is 0.383 e. The molecule has 0 spiro atoms. The number of halogens is 1. The van der Waals surface area contributed by atoms with Gasteiger partial charge in [0, 0.05) is 32.6 Å². The molecule has 6 atom stereocenters. The third kappa shape index (κ3) is 8.37. The summed E-state index contributed by atoms with van der Waals surface area (Å²) >= 11 is 6.39. The minimum Gasteiger partial charge on any atom is -0.383 e. The Balaban J connectivity index is 2.11. The predicted molar refractivity (Wildman–Crippen MR) is 157 cm³/mol. The van der Waals surface area contributed by atoms with E-state index in [1.165, 1.54) is 6.33 Å². The van der Waals surface area contributed by atoms with Crippen LogP contribution in [0.2, 0.25) is 5.15 Å². The van der Waals surface area contributed by atoms with Crippen molar-refractivity contribution in [1.29, 1.82) is 0 Å². The molecule has 1 aliphatic heterocycles. The summed E-state index contributed by atoms with van der Waals surface area (Å²) in [7, 11) is 0. The number of hydrogen-bond donors (Lipinski definition) is 1. The Morgan fingerprint density at radius 3 is 2.15 bits per heavy atom. The van der Waals surface area contributed by atoms with Gasteiger partial charge in [0.1, 0.15) is 47.1 Å². The molecule has 9 nitrogen and oxygen atoms in total. The van der Waals surface area contributed by atoms with Crippen molar-refractivity contribution in [2.24, 2.45) is 0 Å². The Bertz CT molecular complexity index is 990. The second-order valence-electron chi connectivity index (χ2n) is 10.8. The number of nitrogens with zero attached hydrogens (tertiary/aromatic N) is 3. The quantitative estimate of drug-likeness (QED) is 0.166. The van der Waals surface area contributed by atoms with Crippen molar-refractivity contribution >= 4 is 22.6 Å². The lowest BCUT2D eigenvalue weighted by Gasteiger charge is -2.40. The van der Waals surface area contributed by atoms with Gasteiger partial charge in [-0.1, -0.05) is 65.0 Å². The third-order valence-corrected chi connectivity index (χ3v) is 7.72. The van der Waals surface area contributed by atoms with Crippen LogP contribution in [0.5, 0.6) is 0 Å².